The Labute approximate surface area is 125 Å². The number of furan rings is 1. The van der Waals surface area contributed by atoms with Crippen molar-refractivity contribution < 1.29 is 4.42 Å². The summed E-state index contributed by atoms with van der Waals surface area (Å²) in [6, 6.07) is 16.0. The largest absolute Gasteiger partial charge is 0.459 e. The Morgan fingerprint density at radius 1 is 1.11 bits per heavy atom. The van der Waals surface area contributed by atoms with E-state index in [1.165, 1.54) is 9.13 Å². The zero-order chi connectivity index (χ0) is 13.4. The molecule has 0 bridgehead atoms. The van der Waals surface area contributed by atoms with Crippen molar-refractivity contribution in [1.29, 1.82) is 0 Å². The Morgan fingerprint density at radius 3 is 2.68 bits per heavy atom. The average Bonchev–Trinajstić information content (AvgIpc) is 2.85. The van der Waals surface area contributed by atoms with Crippen molar-refractivity contribution in [2.45, 2.75) is 13.0 Å². The molecule has 1 aromatic heterocycles. The van der Waals surface area contributed by atoms with E-state index in [4.69, 9.17) is 10.2 Å². The van der Waals surface area contributed by atoms with Crippen LogP contribution in [0.4, 0.5) is 0 Å². The third-order valence-electron chi connectivity index (χ3n) is 3.31. The van der Waals surface area contributed by atoms with E-state index >= 15 is 0 Å². The Kier molecular flexibility index (Phi) is 3.33. The van der Waals surface area contributed by atoms with Crippen LogP contribution in [0.5, 0.6) is 0 Å². The summed E-state index contributed by atoms with van der Waals surface area (Å²) in [6.07, 6.45) is 0. The Hall–Kier alpha value is -1.33. The highest BCUT2D eigenvalue weighted by molar-refractivity contribution is 14.1. The lowest BCUT2D eigenvalue weighted by Crippen LogP contribution is -2.12. The number of rotatable bonds is 2. The van der Waals surface area contributed by atoms with Gasteiger partial charge in [-0.3, -0.25) is 0 Å². The van der Waals surface area contributed by atoms with Crippen LogP contribution in [-0.4, -0.2) is 0 Å². The number of hydrogen-bond donors (Lipinski definition) is 1. The van der Waals surface area contributed by atoms with Crippen molar-refractivity contribution in [1.82, 2.24) is 0 Å². The summed E-state index contributed by atoms with van der Waals surface area (Å²) >= 11 is 2.34. The molecule has 0 amide bonds. The number of aryl methyl sites for hydroxylation is 1. The van der Waals surface area contributed by atoms with Gasteiger partial charge in [-0.2, -0.15) is 0 Å². The lowest BCUT2D eigenvalue weighted by molar-refractivity contribution is 0.524. The highest BCUT2D eigenvalue weighted by Crippen LogP contribution is 2.30. The fraction of sp³-hybridized carbons (Fsp3) is 0.125. The lowest BCUT2D eigenvalue weighted by atomic mass is 10.0. The summed E-state index contributed by atoms with van der Waals surface area (Å²) in [4.78, 5) is 0. The number of hydrogen-bond acceptors (Lipinski definition) is 2. The van der Waals surface area contributed by atoms with Gasteiger partial charge >= 0.3 is 0 Å². The number of para-hydroxylation sites is 1. The Morgan fingerprint density at radius 2 is 1.89 bits per heavy atom. The second-order valence-corrected chi connectivity index (χ2v) is 5.72. The predicted molar refractivity (Wildman–Crippen MR) is 86.1 cm³/mol. The van der Waals surface area contributed by atoms with E-state index in [2.05, 4.69) is 41.6 Å². The molecule has 19 heavy (non-hydrogen) atoms. The van der Waals surface area contributed by atoms with Gasteiger partial charge in [-0.05, 0) is 52.8 Å². The van der Waals surface area contributed by atoms with Gasteiger partial charge in [0.25, 0.3) is 0 Å². The van der Waals surface area contributed by atoms with Gasteiger partial charge in [0, 0.05) is 8.96 Å². The SMILES string of the molecule is Cc1cccc(C(N)c2cc3ccccc3o2)c1I. The monoisotopic (exact) mass is 363 g/mol. The van der Waals surface area contributed by atoms with Crippen LogP contribution in [0.25, 0.3) is 11.0 Å². The molecule has 0 spiro atoms. The summed E-state index contributed by atoms with van der Waals surface area (Å²) in [6.45, 7) is 2.09. The van der Waals surface area contributed by atoms with Gasteiger partial charge in [0.1, 0.15) is 11.3 Å². The topological polar surface area (TPSA) is 39.2 Å². The molecule has 2 nitrogen and oxygen atoms in total. The average molecular weight is 363 g/mol. The van der Waals surface area contributed by atoms with Crippen molar-refractivity contribution >= 4 is 33.6 Å². The first-order valence-corrected chi connectivity index (χ1v) is 7.24. The van der Waals surface area contributed by atoms with Crippen molar-refractivity contribution in [2.75, 3.05) is 0 Å². The lowest BCUT2D eigenvalue weighted by Gasteiger charge is -2.12. The van der Waals surface area contributed by atoms with E-state index in [-0.39, 0.29) is 6.04 Å². The highest BCUT2D eigenvalue weighted by atomic mass is 127. The van der Waals surface area contributed by atoms with Crippen LogP contribution < -0.4 is 5.73 Å². The molecule has 0 aliphatic rings. The van der Waals surface area contributed by atoms with E-state index in [9.17, 15) is 0 Å². The van der Waals surface area contributed by atoms with Gasteiger partial charge in [0.05, 0.1) is 6.04 Å². The molecule has 1 unspecified atom stereocenters. The number of benzene rings is 2. The van der Waals surface area contributed by atoms with Crippen LogP contribution in [0.2, 0.25) is 0 Å². The van der Waals surface area contributed by atoms with Crippen LogP contribution in [0.15, 0.2) is 52.9 Å². The normalized spacial score (nSPS) is 12.8. The molecule has 0 saturated heterocycles. The smallest absolute Gasteiger partial charge is 0.134 e. The van der Waals surface area contributed by atoms with Gasteiger partial charge in [0.2, 0.25) is 0 Å². The van der Waals surface area contributed by atoms with Crippen LogP contribution in [0.3, 0.4) is 0 Å². The fourth-order valence-electron chi connectivity index (χ4n) is 2.22. The molecular formula is C16H14INO. The minimum atomic E-state index is -0.223. The van der Waals surface area contributed by atoms with Crippen LogP contribution in [0.1, 0.15) is 22.9 Å². The molecule has 2 aromatic carbocycles. The van der Waals surface area contributed by atoms with Crippen molar-refractivity contribution in [3.8, 4) is 0 Å². The Bertz CT molecular complexity index is 699. The van der Waals surface area contributed by atoms with E-state index in [0.717, 1.165) is 22.3 Å². The van der Waals surface area contributed by atoms with Gasteiger partial charge in [-0.1, -0.05) is 36.4 Å². The third-order valence-corrected chi connectivity index (χ3v) is 4.78. The molecule has 1 heterocycles. The summed E-state index contributed by atoms with van der Waals surface area (Å²) in [5.74, 6) is 0.810. The zero-order valence-corrected chi connectivity index (χ0v) is 12.7. The molecule has 1 atom stereocenters. The molecule has 96 valence electrons. The second-order valence-electron chi connectivity index (χ2n) is 4.64. The summed E-state index contributed by atoms with van der Waals surface area (Å²) in [5.41, 5.74) is 9.59. The van der Waals surface area contributed by atoms with E-state index < -0.39 is 0 Å². The van der Waals surface area contributed by atoms with E-state index in [1.807, 2.05) is 36.4 Å². The number of nitrogens with two attached hydrogens (primary N) is 1. The third kappa shape index (κ3) is 2.28. The second kappa shape index (κ2) is 4.98. The maximum atomic E-state index is 6.35. The zero-order valence-electron chi connectivity index (χ0n) is 10.6. The van der Waals surface area contributed by atoms with Crippen LogP contribution in [-0.2, 0) is 0 Å². The Balaban J connectivity index is 2.08. The molecule has 3 aromatic rings. The van der Waals surface area contributed by atoms with Crippen LogP contribution >= 0.6 is 22.6 Å². The fourth-order valence-corrected chi connectivity index (χ4v) is 2.91. The first-order chi connectivity index (χ1) is 9.16. The minimum absolute atomic E-state index is 0.223. The molecule has 0 aliphatic heterocycles. The van der Waals surface area contributed by atoms with Crippen molar-refractivity contribution in [2.24, 2.45) is 5.73 Å². The quantitative estimate of drug-likeness (QED) is 0.686. The van der Waals surface area contributed by atoms with E-state index in [1.54, 1.807) is 0 Å². The van der Waals surface area contributed by atoms with E-state index in [0.29, 0.717) is 0 Å². The van der Waals surface area contributed by atoms with Gasteiger partial charge < -0.3 is 10.2 Å². The van der Waals surface area contributed by atoms with Gasteiger partial charge in [-0.25, -0.2) is 0 Å². The maximum absolute atomic E-state index is 6.35. The molecule has 2 N–H and O–H groups in total. The minimum Gasteiger partial charge on any atom is -0.459 e. The highest BCUT2D eigenvalue weighted by Gasteiger charge is 2.17. The van der Waals surface area contributed by atoms with Crippen molar-refractivity contribution in [3.63, 3.8) is 0 Å². The van der Waals surface area contributed by atoms with Gasteiger partial charge in [0.15, 0.2) is 0 Å². The molecule has 0 fully saturated rings. The maximum Gasteiger partial charge on any atom is 0.134 e. The molecule has 3 heteroatoms. The first kappa shape index (κ1) is 12.7. The molecule has 0 saturated carbocycles. The standard InChI is InChI=1S/C16H14INO/c1-10-5-4-7-12(15(10)17)16(18)14-9-11-6-2-3-8-13(11)19-14/h2-9,16H,18H2,1H3. The molecule has 3 rings (SSSR count). The summed E-state index contributed by atoms with van der Waals surface area (Å²) < 4.78 is 7.05. The van der Waals surface area contributed by atoms with Crippen LogP contribution in [0, 0.1) is 10.5 Å². The predicted octanol–water partition coefficient (Wildman–Crippen LogP) is 4.39. The molecule has 0 aliphatic carbocycles. The summed E-state index contributed by atoms with van der Waals surface area (Å²) in [7, 11) is 0. The molecular weight excluding hydrogens is 349 g/mol. The number of halogens is 1. The van der Waals surface area contributed by atoms with Gasteiger partial charge in [-0.15, -0.1) is 0 Å². The van der Waals surface area contributed by atoms with Crippen molar-refractivity contribution in [3.05, 3.63) is 69.0 Å². The first-order valence-electron chi connectivity index (χ1n) is 6.16. The molecule has 0 radical (unpaired) electrons. The number of fused-ring (bicyclic) bond motifs is 1. The summed E-state index contributed by atoms with van der Waals surface area (Å²) in [5, 5.41) is 1.09.